The van der Waals surface area contributed by atoms with Gasteiger partial charge in [-0.1, -0.05) is 23.2 Å². The van der Waals surface area contributed by atoms with E-state index in [0.717, 1.165) is 0 Å². The van der Waals surface area contributed by atoms with Gasteiger partial charge in [0.2, 0.25) is 5.88 Å². The van der Waals surface area contributed by atoms with Crippen LogP contribution in [0.3, 0.4) is 0 Å². The fourth-order valence-electron chi connectivity index (χ4n) is 3.45. The van der Waals surface area contributed by atoms with Crippen molar-refractivity contribution in [1.29, 1.82) is 0 Å². The SMILES string of the molecule is C[C@H]1CN(c2cc(Oc3ccc(F)cc3Cl)ncn2)CCN1C(=O)c1ccc(Cl)cc1. The van der Waals surface area contributed by atoms with Crippen molar-refractivity contribution in [2.45, 2.75) is 13.0 Å². The van der Waals surface area contributed by atoms with E-state index in [4.69, 9.17) is 27.9 Å². The van der Waals surface area contributed by atoms with Crippen LogP contribution in [-0.4, -0.2) is 46.5 Å². The van der Waals surface area contributed by atoms with Crippen LogP contribution in [0.4, 0.5) is 10.2 Å². The number of rotatable bonds is 4. The Morgan fingerprint density at radius 2 is 1.87 bits per heavy atom. The van der Waals surface area contributed by atoms with Gasteiger partial charge in [0.1, 0.15) is 23.7 Å². The molecular weight excluding hydrogens is 442 g/mol. The fourth-order valence-corrected chi connectivity index (χ4v) is 3.79. The van der Waals surface area contributed by atoms with Gasteiger partial charge in [0, 0.05) is 42.3 Å². The second kappa shape index (κ2) is 9.08. The van der Waals surface area contributed by atoms with Crippen molar-refractivity contribution in [1.82, 2.24) is 14.9 Å². The number of benzene rings is 2. The largest absolute Gasteiger partial charge is 0.437 e. The lowest BCUT2D eigenvalue weighted by Gasteiger charge is -2.40. The molecule has 160 valence electrons. The molecule has 6 nitrogen and oxygen atoms in total. The van der Waals surface area contributed by atoms with Crippen LogP contribution in [0.2, 0.25) is 10.0 Å². The van der Waals surface area contributed by atoms with Crippen LogP contribution in [0.25, 0.3) is 0 Å². The number of anilines is 1. The number of ether oxygens (including phenoxy) is 1. The van der Waals surface area contributed by atoms with Crippen molar-refractivity contribution in [2.75, 3.05) is 24.5 Å². The maximum absolute atomic E-state index is 13.2. The van der Waals surface area contributed by atoms with Gasteiger partial charge in [0.15, 0.2) is 0 Å². The summed E-state index contributed by atoms with van der Waals surface area (Å²) >= 11 is 11.9. The van der Waals surface area contributed by atoms with Crippen molar-refractivity contribution >= 4 is 34.9 Å². The molecule has 0 bridgehead atoms. The predicted octanol–water partition coefficient (Wildman–Crippen LogP) is 5.07. The molecule has 31 heavy (non-hydrogen) atoms. The number of piperazine rings is 1. The minimum Gasteiger partial charge on any atom is -0.437 e. The maximum Gasteiger partial charge on any atom is 0.254 e. The van der Waals surface area contributed by atoms with Crippen LogP contribution in [0.5, 0.6) is 11.6 Å². The van der Waals surface area contributed by atoms with Crippen LogP contribution < -0.4 is 9.64 Å². The van der Waals surface area contributed by atoms with Gasteiger partial charge in [-0.15, -0.1) is 0 Å². The average Bonchev–Trinajstić information content (AvgIpc) is 2.76. The summed E-state index contributed by atoms with van der Waals surface area (Å²) in [6.07, 6.45) is 1.40. The molecule has 0 N–H and O–H groups in total. The molecule has 1 aromatic heterocycles. The van der Waals surface area contributed by atoms with Crippen LogP contribution in [0.15, 0.2) is 54.9 Å². The van der Waals surface area contributed by atoms with Crippen molar-refractivity contribution in [2.24, 2.45) is 0 Å². The maximum atomic E-state index is 13.2. The number of amides is 1. The van der Waals surface area contributed by atoms with Crippen LogP contribution >= 0.6 is 23.2 Å². The number of aromatic nitrogens is 2. The Morgan fingerprint density at radius 3 is 2.58 bits per heavy atom. The number of nitrogens with zero attached hydrogens (tertiary/aromatic N) is 4. The zero-order valence-corrected chi connectivity index (χ0v) is 18.1. The van der Waals surface area contributed by atoms with Crippen molar-refractivity contribution < 1.29 is 13.9 Å². The summed E-state index contributed by atoms with van der Waals surface area (Å²) in [6, 6.07) is 12.5. The quantitative estimate of drug-likeness (QED) is 0.544. The molecule has 2 heterocycles. The van der Waals surface area contributed by atoms with Gasteiger partial charge in [0.05, 0.1) is 5.02 Å². The molecule has 1 saturated heterocycles. The molecule has 1 amide bonds. The normalized spacial score (nSPS) is 16.3. The minimum absolute atomic E-state index is 0.0252. The fraction of sp³-hybridized carbons (Fsp3) is 0.227. The molecule has 0 unspecified atom stereocenters. The van der Waals surface area contributed by atoms with E-state index in [0.29, 0.717) is 47.7 Å². The first kappa shape index (κ1) is 21.3. The Hall–Kier alpha value is -2.90. The highest BCUT2D eigenvalue weighted by Crippen LogP contribution is 2.30. The van der Waals surface area contributed by atoms with Crippen molar-refractivity contribution in [3.8, 4) is 11.6 Å². The highest BCUT2D eigenvalue weighted by atomic mass is 35.5. The third-order valence-electron chi connectivity index (χ3n) is 5.04. The lowest BCUT2D eigenvalue weighted by molar-refractivity contribution is 0.0673. The Labute approximate surface area is 189 Å². The summed E-state index contributed by atoms with van der Waals surface area (Å²) in [7, 11) is 0. The van der Waals surface area contributed by atoms with E-state index < -0.39 is 5.82 Å². The number of hydrogen-bond acceptors (Lipinski definition) is 5. The minimum atomic E-state index is -0.444. The molecule has 9 heteroatoms. The third kappa shape index (κ3) is 4.89. The van der Waals surface area contributed by atoms with Crippen molar-refractivity contribution in [3.63, 3.8) is 0 Å². The zero-order chi connectivity index (χ0) is 22.0. The summed E-state index contributed by atoms with van der Waals surface area (Å²) in [6.45, 7) is 3.76. The van der Waals surface area contributed by atoms with Gasteiger partial charge < -0.3 is 14.5 Å². The van der Waals surface area contributed by atoms with E-state index in [-0.39, 0.29) is 17.0 Å². The molecule has 1 fully saturated rings. The van der Waals surface area contributed by atoms with E-state index in [1.807, 2.05) is 11.8 Å². The summed E-state index contributed by atoms with van der Waals surface area (Å²) in [5, 5.41) is 0.751. The van der Waals surface area contributed by atoms with Gasteiger partial charge in [-0.3, -0.25) is 4.79 Å². The highest BCUT2D eigenvalue weighted by Gasteiger charge is 2.29. The van der Waals surface area contributed by atoms with Crippen LogP contribution in [0.1, 0.15) is 17.3 Å². The summed E-state index contributed by atoms with van der Waals surface area (Å²) in [5.41, 5.74) is 0.610. The lowest BCUT2D eigenvalue weighted by atomic mass is 10.1. The number of halogens is 3. The molecule has 4 rings (SSSR count). The van der Waals surface area contributed by atoms with Gasteiger partial charge in [-0.2, -0.15) is 0 Å². The molecule has 0 radical (unpaired) electrons. The first-order chi connectivity index (χ1) is 14.9. The zero-order valence-electron chi connectivity index (χ0n) is 16.6. The third-order valence-corrected chi connectivity index (χ3v) is 5.59. The Bertz CT molecular complexity index is 1100. The summed E-state index contributed by atoms with van der Waals surface area (Å²) < 4.78 is 18.9. The average molecular weight is 461 g/mol. The van der Waals surface area contributed by atoms with E-state index in [1.54, 1.807) is 30.3 Å². The second-order valence-corrected chi connectivity index (χ2v) is 8.04. The number of carbonyl (C=O) groups excluding carboxylic acids is 1. The van der Waals surface area contributed by atoms with Gasteiger partial charge in [-0.25, -0.2) is 14.4 Å². The van der Waals surface area contributed by atoms with Gasteiger partial charge in [0.25, 0.3) is 5.91 Å². The predicted molar refractivity (Wildman–Crippen MR) is 118 cm³/mol. The van der Waals surface area contributed by atoms with Crippen molar-refractivity contribution in [3.05, 3.63) is 76.3 Å². The topological polar surface area (TPSA) is 58.6 Å². The molecule has 1 atom stereocenters. The van der Waals surface area contributed by atoms with E-state index in [2.05, 4.69) is 14.9 Å². The smallest absolute Gasteiger partial charge is 0.254 e. The molecule has 0 aliphatic carbocycles. The van der Waals surface area contributed by atoms with Crippen LogP contribution in [0, 0.1) is 5.82 Å². The first-order valence-electron chi connectivity index (χ1n) is 9.67. The second-order valence-electron chi connectivity index (χ2n) is 7.19. The Morgan fingerprint density at radius 1 is 1.10 bits per heavy atom. The monoisotopic (exact) mass is 460 g/mol. The first-order valence-corrected chi connectivity index (χ1v) is 10.4. The molecule has 1 aliphatic rings. The van der Waals surface area contributed by atoms with Gasteiger partial charge >= 0.3 is 0 Å². The molecular formula is C22H19Cl2FN4O2. The molecule has 1 aliphatic heterocycles. The molecule has 2 aromatic carbocycles. The van der Waals surface area contributed by atoms with E-state index in [9.17, 15) is 9.18 Å². The van der Waals surface area contributed by atoms with Gasteiger partial charge in [-0.05, 0) is 49.4 Å². The highest BCUT2D eigenvalue weighted by molar-refractivity contribution is 6.32. The molecule has 3 aromatic rings. The summed E-state index contributed by atoms with van der Waals surface area (Å²) in [5.74, 6) is 0.807. The van der Waals surface area contributed by atoms with Crippen LogP contribution in [-0.2, 0) is 0 Å². The number of carbonyl (C=O) groups is 1. The molecule has 0 saturated carbocycles. The summed E-state index contributed by atoms with van der Waals surface area (Å²) in [4.78, 5) is 25.2. The molecule has 0 spiro atoms. The number of hydrogen-bond donors (Lipinski definition) is 0. The standard InChI is InChI=1S/C22H19Cl2FN4O2/c1-14-12-28(8-9-29(14)22(30)15-2-4-16(23)5-3-15)20-11-21(27-13-26-20)31-19-7-6-17(25)10-18(19)24/h2-7,10-11,13-14H,8-9,12H2,1H3/t14-/m0/s1. The Kier molecular flexibility index (Phi) is 6.25. The van der Waals surface area contributed by atoms with E-state index >= 15 is 0 Å². The lowest BCUT2D eigenvalue weighted by Crippen LogP contribution is -2.54. The van der Waals surface area contributed by atoms with E-state index in [1.165, 1.54) is 24.5 Å². The Balaban J connectivity index is 1.45.